The molecule has 0 saturated heterocycles. The molecular weight excluding hydrogens is 345 g/mol. The zero-order valence-electron chi connectivity index (χ0n) is 16.1. The monoisotopic (exact) mass is 371 g/mol. The number of carbonyl (C=O) groups excluding carboxylic acids is 1. The molecule has 0 unspecified atom stereocenters. The minimum atomic E-state index is -0.448. The first-order valence-electron chi connectivity index (χ1n) is 9.23. The van der Waals surface area contributed by atoms with Gasteiger partial charge in [0.05, 0.1) is 12.3 Å². The van der Waals surface area contributed by atoms with Crippen molar-refractivity contribution in [2.45, 2.75) is 46.1 Å². The van der Waals surface area contributed by atoms with Crippen molar-refractivity contribution in [1.82, 2.24) is 15.1 Å². The van der Waals surface area contributed by atoms with E-state index in [2.05, 4.69) is 22.3 Å². The van der Waals surface area contributed by atoms with Gasteiger partial charge in [-0.15, -0.1) is 11.8 Å². The summed E-state index contributed by atoms with van der Waals surface area (Å²) in [5, 5.41) is 6.99. The maximum absolute atomic E-state index is 14.6. The molecule has 144 valence electrons. The van der Waals surface area contributed by atoms with Crippen LogP contribution < -0.4 is 10.1 Å². The molecule has 0 fully saturated rings. The second kappa shape index (κ2) is 10.4. The van der Waals surface area contributed by atoms with Crippen LogP contribution in [0.15, 0.2) is 24.3 Å². The summed E-state index contributed by atoms with van der Waals surface area (Å²) in [6, 6.07) is 6.69. The normalized spacial score (nSPS) is 10.2. The summed E-state index contributed by atoms with van der Waals surface area (Å²) in [5.74, 6) is 5.48. The van der Waals surface area contributed by atoms with E-state index < -0.39 is 5.82 Å². The Bertz CT molecular complexity index is 834. The minimum absolute atomic E-state index is 0.0798. The average Bonchev–Trinajstić information content (AvgIpc) is 3.05. The molecule has 0 radical (unpaired) electrons. The third-order valence-corrected chi connectivity index (χ3v) is 4.01. The second-order valence-corrected chi connectivity index (χ2v) is 6.07. The molecule has 6 heteroatoms. The Balaban J connectivity index is 1.92. The van der Waals surface area contributed by atoms with Gasteiger partial charge in [0.15, 0.2) is 11.6 Å². The fraction of sp³-hybridized carbons (Fsp3) is 0.429. The van der Waals surface area contributed by atoms with Gasteiger partial charge in [0, 0.05) is 32.0 Å². The Labute approximate surface area is 159 Å². The highest BCUT2D eigenvalue weighted by Gasteiger charge is 2.14. The molecule has 0 aliphatic rings. The number of aryl methyl sites for hydroxylation is 2. The number of nitrogens with zero attached hydrogens (tertiary/aromatic N) is 2. The van der Waals surface area contributed by atoms with Crippen molar-refractivity contribution in [3.63, 3.8) is 0 Å². The van der Waals surface area contributed by atoms with E-state index in [4.69, 9.17) is 4.74 Å². The van der Waals surface area contributed by atoms with Crippen molar-refractivity contribution in [2.24, 2.45) is 7.05 Å². The molecule has 1 amide bonds. The van der Waals surface area contributed by atoms with Gasteiger partial charge in [-0.3, -0.25) is 9.48 Å². The standard InChI is InChI=1S/C21H26FN3O2/c1-4-6-7-8-9-13-27-19-12-10-11-16(20(19)22)15-23-21(26)18-14-17(5-2)24-25(18)3/h10-12,14H,4-5,8-9,13,15H2,1-3H3,(H,23,26). The van der Waals surface area contributed by atoms with Crippen LogP contribution >= 0.6 is 0 Å². The number of hydrogen-bond donors (Lipinski definition) is 1. The Hall–Kier alpha value is -2.81. The van der Waals surface area contributed by atoms with Crippen LogP contribution in [-0.2, 0) is 20.0 Å². The molecule has 1 aromatic carbocycles. The van der Waals surface area contributed by atoms with Gasteiger partial charge in [-0.05, 0) is 25.0 Å². The summed E-state index contributed by atoms with van der Waals surface area (Å²) in [7, 11) is 1.72. The Morgan fingerprint density at radius 2 is 2.15 bits per heavy atom. The highest BCUT2D eigenvalue weighted by molar-refractivity contribution is 5.92. The summed E-state index contributed by atoms with van der Waals surface area (Å²) in [4.78, 5) is 12.3. The van der Waals surface area contributed by atoms with E-state index >= 15 is 0 Å². The minimum Gasteiger partial charge on any atom is -0.490 e. The van der Waals surface area contributed by atoms with Crippen LogP contribution in [0.25, 0.3) is 0 Å². The molecule has 0 aliphatic heterocycles. The number of amides is 1. The van der Waals surface area contributed by atoms with Crippen molar-refractivity contribution in [2.75, 3.05) is 6.61 Å². The largest absolute Gasteiger partial charge is 0.490 e. The number of halogens is 1. The molecule has 27 heavy (non-hydrogen) atoms. The van der Waals surface area contributed by atoms with Gasteiger partial charge in [0.2, 0.25) is 0 Å². The lowest BCUT2D eigenvalue weighted by atomic mass is 10.2. The number of hydrogen-bond acceptors (Lipinski definition) is 3. The molecule has 5 nitrogen and oxygen atoms in total. The van der Waals surface area contributed by atoms with Crippen LogP contribution in [0.2, 0.25) is 0 Å². The zero-order chi connectivity index (χ0) is 19.6. The lowest BCUT2D eigenvalue weighted by Crippen LogP contribution is -2.25. The molecule has 1 aromatic heterocycles. The van der Waals surface area contributed by atoms with Crippen LogP contribution in [0.3, 0.4) is 0 Å². The molecule has 0 bridgehead atoms. The second-order valence-electron chi connectivity index (χ2n) is 6.07. The lowest BCUT2D eigenvalue weighted by Gasteiger charge is -2.11. The zero-order valence-corrected chi connectivity index (χ0v) is 16.1. The summed E-state index contributed by atoms with van der Waals surface area (Å²) in [6.07, 6.45) is 3.06. The van der Waals surface area contributed by atoms with Crippen molar-refractivity contribution in [1.29, 1.82) is 0 Å². The van der Waals surface area contributed by atoms with E-state index in [0.29, 0.717) is 17.9 Å². The molecule has 0 aliphatic carbocycles. The van der Waals surface area contributed by atoms with Crippen LogP contribution in [0.5, 0.6) is 5.75 Å². The average molecular weight is 371 g/mol. The van der Waals surface area contributed by atoms with E-state index in [-0.39, 0.29) is 18.2 Å². The molecular formula is C21H26FN3O2. The van der Waals surface area contributed by atoms with Gasteiger partial charge in [0.1, 0.15) is 5.69 Å². The third-order valence-electron chi connectivity index (χ3n) is 4.01. The summed E-state index contributed by atoms with van der Waals surface area (Å²) in [6.45, 7) is 4.46. The number of rotatable bonds is 8. The molecule has 2 rings (SSSR count). The van der Waals surface area contributed by atoms with Gasteiger partial charge in [-0.2, -0.15) is 5.10 Å². The highest BCUT2D eigenvalue weighted by Crippen LogP contribution is 2.21. The van der Waals surface area contributed by atoms with Crippen molar-refractivity contribution in [3.05, 3.63) is 47.0 Å². The van der Waals surface area contributed by atoms with Gasteiger partial charge >= 0.3 is 0 Å². The van der Waals surface area contributed by atoms with Gasteiger partial charge in [-0.1, -0.05) is 26.0 Å². The predicted octanol–water partition coefficient (Wildman–Crippen LogP) is 3.62. The number of benzene rings is 1. The van der Waals surface area contributed by atoms with Crippen LogP contribution in [-0.4, -0.2) is 22.3 Å². The van der Waals surface area contributed by atoms with Crippen LogP contribution in [0.1, 0.15) is 54.9 Å². The fourth-order valence-corrected chi connectivity index (χ4v) is 2.54. The first-order valence-corrected chi connectivity index (χ1v) is 9.23. The molecule has 1 N–H and O–H groups in total. The quantitative estimate of drug-likeness (QED) is 0.570. The van der Waals surface area contributed by atoms with Gasteiger partial charge in [0.25, 0.3) is 5.91 Å². The Morgan fingerprint density at radius 1 is 1.33 bits per heavy atom. The maximum Gasteiger partial charge on any atom is 0.269 e. The van der Waals surface area contributed by atoms with E-state index in [9.17, 15) is 9.18 Å². The molecule has 0 spiro atoms. The molecule has 2 aromatic rings. The summed E-state index contributed by atoms with van der Waals surface area (Å²) >= 11 is 0. The Morgan fingerprint density at radius 3 is 2.85 bits per heavy atom. The number of nitrogens with one attached hydrogen (secondary N) is 1. The summed E-state index contributed by atoms with van der Waals surface area (Å²) < 4.78 is 21.6. The third kappa shape index (κ3) is 5.85. The van der Waals surface area contributed by atoms with Crippen LogP contribution in [0, 0.1) is 17.7 Å². The van der Waals surface area contributed by atoms with E-state index in [1.165, 1.54) is 4.68 Å². The lowest BCUT2D eigenvalue weighted by molar-refractivity contribution is 0.0941. The number of carbonyl (C=O) groups is 1. The number of ether oxygens (including phenoxy) is 1. The van der Waals surface area contributed by atoms with E-state index in [1.807, 2.05) is 13.8 Å². The number of unbranched alkanes of at least 4 members (excludes halogenated alkanes) is 1. The Kier molecular flexibility index (Phi) is 7.87. The van der Waals surface area contributed by atoms with Crippen LogP contribution in [0.4, 0.5) is 4.39 Å². The first kappa shape index (κ1) is 20.5. The molecule has 1 heterocycles. The van der Waals surface area contributed by atoms with Gasteiger partial charge in [-0.25, -0.2) is 4.39 Å². The molecule has 0 saturated carbocycles. The predicted molar refractivity (Wildman–Crippen MR) is 103 cm³/mol. The van der Waals surface area contributed by atoms with E-state index in [0.717, 1.165) is 31.4 Å². The van der Waals surface area contributed by atoms with Gasteiger partial charge < -0.3 is 10.1 Å². The maximum atomic E-state index is 14.6. The SMILES string of the molecule is CCC#CCCCOc1cccc(CNC(=O)c2cc(CC)nn2C)c1F. The van der Waals surface area contributed by atoms with E-state index in [1.54, 1.807) is 31.3 Å². The number of aromatic nitrogens is 2. The van der Waals surface area contributed by atoms with Crippen molar-refractivity contribution < 1.29 is 13.9 Å². The van der Waals surface area contributed by atoms with Crippen molar-refractivity contribution >= 4 is 5.91 Å². The topological polar surface area (TPSA) is 56.1 Å². The highest BCUT2D eigenvalue weighted by atomic mass is 19.1. The molecule has 0 atom stereocenters. The summed E-state index contributed by atoms with van der Waals surface area (Å²) in [5.41, 5.74) is 1.67. The smallest absolute Gasteiger partial charge is 0.269 e. The first-order chi connectivity index (χ1) is 13.1. The van der Waals surface area contributed by atoms with Crippen molar-refractivity contribution in [3.8, 4) is 17.6 Å². The fourth-order valence-electron chi connectivity index (χ4n) is 2.54.